The number of allylic oxidation sites excluding steroid dienone is 1. The molecule has 1 N–H and O–H groups in total. The lowest BCUT2D eigenvalue weighted by Crippen LogP contribution is -2.29. The number of esters is 1. The molecule has 5 heteroatoms. The Morgan fingerprint density at radius 1 is 1.45 bits per heavy atom. The van der Waals surface area contributed by atoms with Crippen LogP contribution >= 0.6 is 0 Å². The Balaban J connectivity index is 2.65. The zero-order valence-corrected chi connectivity index (χ0v) is 11.4. The average Bonchev–Trinajstić information content (AvgIpc) is 2.45. The number of hydrogen-bond acceptors (Lipinski definition) is 4. The molecule has 5 nitrogen and oxygen atoms in total. The second kappa shape index (κ2) is 7.74. The number of hydrogen-bond donors (Lipinski definition) is 1. The zero-order valence-electron chi connectivity index (χ0n) is 11.4. The number of nitriles is 1. The van der Waals surface area contributed by atoms with Crippen LogP contribution in [0.1, 0.15) is 25.8 Å². The molecular weight excluding hydrogens is 256 g/mol. The van der Waals surface area contributed by atoms with Crippen LogP contribution in [0.4, 0.5) is 5.69 Å². The topological polar surface area (TPSA) is 79.2 Å². The summed E-state index contributed by atoms with van der Waals surface area (Å²) in [7, 11) is 0. The molecule has 1 rings (SSSR count). The van der Waals surface area contributed by atoms with Gasteiger partial charge in [-0.25, -0.2) is 4.79 Å². The lowest BCUT2D eigenvalue weighted by molar-refractivity contribution is -0.148. The third kappa shape index (κ3) is 4.58. The Kier molecular flexibility index (Phi) is 5.98. The van der Waals surface area contributed by atoms with Gasteiger partial charge in [-0.15, -0.1) is 0 Å². The van der Waals surface area contributed by atoms with E-state index in [1.54, 1.807) is 30.3 Å². The summed E-state index contributed by atoms with van der Waals surface area (Å²) < 4.78 is 4.94. The van der Waals surface area contributed by atoms with Crippen LogP contribution in [-0.2, 0) is 14.3 Å². The number of carbonyl (C=O) groups excluding carboxylic acids is 2. The van der Waals surface area contributed by atoms with Crippen molar-refractivity contribution in [1.82, 2.24) is 0 Å². The Bertz CT molecular complexity index is 558. The van der Waals surface area contributed by atoms with Gasteiger partial charge in [0, 0.05) is 6.08 Å². The van der Waals surface area contributed by atoms with Crippen molar-refractivity contribution in [3.05, 3.63) is 42.0 Å². The molecule has 0 saturated carbocycles. The number of nitrogens with zero attached hydrogens (tertiary/aromatic N) is 1. The molecule has 0 saturated heterocycles. The minimum absolute atomic E-state index is 0.352. The number of anilines is 1. The van der Waals surface area contributed by atoms with Crippen LogP contribution < -0.4 is 5.32 Å². The van der Waals surface area contributed by atoms with Gasteiger partial charge in [0.2, 0.25) is 0 Å². The molecule has 0 spiro atoms. The first-order valence-corrected chi connectivity index (χ1v) is 6.25. The lowest BCUT2D eigenvalue weighted by Gasteiger charge is -2.13. The number of amides is 1. The van der Waals surface area contributed by atoms with Gasteiger partial charge >= 0.3 is 5.97 Å². The quantitative estimate of drug-likeness (QED) is 0.659. The maximum Gasteiger partial charge on any atom is 0.331 e. The Morgan fingerprint density at radius 2 is 2.15 bits per heavy atom. The fourth-order valence-corrected chi connectivity index (χ4v) is 1.41. The Labute approximate surface area is 117 Å². The molecule has 1 atom stereocenters. The fraction of sp³-hybridized carbons (Fsp3) is 0.267. The molecule has 0 aliphatic carbocycles. The van der Waals surface area contributed by atoms with Crippen molar-refractivity contribution < 1.29 is 14.3 Å². The van der Waals surface area contributed by atoms with E-state index < -0.39 is 18.0 Å². The van der Waals surface area contributed by atoms with Crippen LogP contribution in [0.25, 0.3) is 0 Å². The number of carbonyl (C=O) groups is 2. The Morgan fingerprint density at radius 3 is 2.80 bits per heavy atom. The minimum Gasteiger partial charge on any atom is -0.449 e. The molecule has 0 unspecified atom stereocenters. The standard InChI is InChI=1S/C15H16N2O3/c1-3-4-9-14(18)20-11(2)15(19)17-13-8-6-5-7-12(13)10-16/h4-9,11H,3H2,1-2H3,(H,17,19)/b9-4+/t11-/m1/s1. The van der Waals surface area contributed by atoms with Crippen molar-refractivity contribution in [1.29, 1.82) is 5.26 Å². The van der Waals surface area contributed by atoms with E-state index in [2.05, 4.69) is 5.32 Å². The van der Waals surface area contributed by atoms with E-state index in [9.17, 15) is 9.59 Å². The van der Waals surface area contributed by atoms with Gasteiger partial charge in [0.25, 0.3) is 5.91 Å². The Hall–Kier alpha value is -2.61. The minimum atomic E-state index is -0.934. The molecule has 1 amide bonds. The van der Waals surface area contributed by atoms with Crippen LogP contribution in [-0.4, -0.2) is 18.0 Å². The van der Waals surface area contributed by atoms with E-state index in [-0.39, 0.29) is 0 Å². The first-order chi connectivity index (χ1) is 9.58. The monoisotopic (exact) mass is 272 g/mol. The van der Waals surface area contributed by atoms with E-state index in [4.69, 9.17) is 10.00 Å². The smallest absolute Gasteiger partial charge is 0.331 e. The van der Waals surface area contributed by atoms with E-state index in [0.717, 1.165) is 0 Å². The number of nitrogens with one attached hydrogen (secondary N) is 1. The lowest BCUT2D eigenvalue weighted by atomic mass is 10.2. The predicted octanol–water partition coefficient (Wildman–Crippen LogP) is 2.39. The largest absolute Gasteiger partial charge is 0.449 e. The summed E-state index contributed by atoms with van der Waals surface area (Å²) in [5.41, 5.74) is 0.747. The second-order valence-electron chi connectivity index (χ2n) is 4.04. The zero-order chi connectivity index (χ0) is 15.0. The summed E-state index contributed by atoms with van der Waals surface area (Å²) >= 11 is 0. The van der Waals surface area contributed by atoms with Crippen LogP contribution in [0.15, 0.2) is 36.4 Å². The molecular formula is C15H16N2O3. The normalized spacial score (nSPS) is 11.7. The molecule has 0 heterocycles. The highest BCUT2D eigenvalue weighted by Crippen LogP contribution is 2.14. The van der Waals surface area contributed by atoms with Gasteiger partial charge < -0.3 is 10.1 Å². The molecule has 0 bridgehead atoms. The summed E-state index contributed by atoms with van der Waals surface area (Å²) in [6.07, 6.45) is 2.71. The highest BCUT2D eigenvalue weighted by molar-refractivity contribution is 5.96. The van der Waals surface area contributed by atoms with E-state index in [1.165, 1.54) is 13.0 Å². The summed E-state index contributed by atoms with van der Waals surface area (Å²) in [4.78, 5) is 23.2. The van der Waals surface area contributed by atoms with Gasteiger partial charge in [-0.3, -0.25) is 4.79 Å². The predicted molar refractivity (Wildman–Crippen MR) is 74.8 cm³/mol. The SMILES string of the molecule is CC/C=C/C(=O)O[C@H](C)C(=O)Nc1ccccc1C#N. The third-order valence-electron chi connectivity index (χ3n) is 2.46. The maximum atomic E-state index is 11.9. The van der Waals surface area contributed by atoms with Gasteiger partial charge in [0.15, 0.2) is 6.10 Å². The van der Waals surface area contributed by atoms with Crippen LogP contribution in [0.3, 0.4) is 0 Å². The fourth-order valence-electron chi connectivity index (χ4n) is 1.41. The summed E-state index contributed by atoms with van der Waals surface area (Å²) in [6, 6.07) is 8.59. The number of para-hydroxylation sites is 1. The molecule has 1 aromatic carbocycles. The average molecular weight is 272 g/mol. The molecule has 0 radical (unpaired) electrons. The van der Waals surface area contributed by atoms with Gasteiger partial charge in [0.05, 0.1) is 11.3 Å². The summed E-state index contributed by atoms with van der Waals surface area (Å²) in [6.45, 7) is 3.36. The molecule has 104 valence electrons. The van der Waals surface area contributed by atoms with Crippen molar-refractivity contribution in [2.45, 2.75) is 26.4 Å². The van der Waals surface area contributed by atoms with Gasteiger partial charge in [0.1, 0.15) is 6.07 Å². The number of rotatable bonds is 5. The van der Waals surface area contributed by atoms with Gasteiger partial charge in [-0.05, 0) is 25.5 Å². The molecule has 20 heavy (non-hydrogen) atoms. The molecule has 1 aromatic rings. The molecule has 0 fully saturated rings. The van der Waals surface area contributed by atoms with Crippen molar-refractivity contribution in [3.8, 4) is 6.07 Å². The van der Waals surface area contributed by atoms with Crippen LogP contribution in [0.2, 0.25) is 0 Å². The van der Waals surface area contributed by atoms with Crippen LogP contribution in [0.5, 0.6) is 0 Å². The van der Waals surface area contributed by atoms with Crippen molar-refractivity contribution in [2.24, 2.45) is 0 Å². The second-order valence-corrected chi connectivity index (χ2v) is 4.04. The van der Waals surface area contributed by atoms with Crippen molar-refractivity contribution in [3.63, 3.8) is 0 Å². The van der Waals surface area contributed by atoms with Gasteiger partial charge in [-0.2, -0.15) is 5.26 Å². The number of ether oxygens (including phenoxy) is 1. The van der Waals surface area contributed by atoms with E-state index in [0.29, 0.717) is 17.7 Å². The summed E-state index contributed by atoms with van der Waals surface area (Å²) in [5, 5.41) is 11.5. The summed E-state index contributed by atoms with van der Waals surface area (Å²) in [5.74, 6) is -1.05. The molecule has 0 aliphatic heterocycles. The first-order valence-electron chi connectivity index (χ1n) is 6.25. The third-order valence-corrected chi connectivity index (χ3v) is 2.46. The molecule has 0 aliphatic rings. The van der Waals surface area contributed by atoms with E-state index in [1.807, 2.05) is 13.0 Å². The van der Waals surface area contributed by atoms with Crippen molar-refractivity contribution in [2.75, 3.05) is 5.32 Å². The van der Waals surface area contributed by atoms with Gasteiger partial charge in [-0.1, -0.05) is 25.1 Å². The highest BCUT2D eigenvalue weighted by Gasteiger charge is 2.17. The number of benzene rings is 1. The molecule has 0 aromatic heterocycles. The highest BCUT2D eigenvalue weighted by atomic mass is 16.5. The van der Waals surface area contributed by atoms with E-state index >= 15 is 0 Å². The van der Waals surface area contributed by atoms with Crippen molar-refractivity contribution >= 4 is 17.6 Å². The maximum absolute atomic E-state index is 11.9. The van der Waals surface area contributed by atoms with Crippen LogP contribution in [0, 0.1) is 11.3 Å². The first kappa shape index (κ1) is 15.4.